The number of rotatable bonds is 3. The maximum Gasteiger partial charge on any atom is 0.274 e. The molecule has 0 saturated carbocycles. The Morgan fingerprint density at radius 1 is 1.06 bits per heavy atom. The molecule has 1 fully saturated rings. The smallest absolute Gasteiger partial charge is 0.274 e. The number of H-pyrrole nitrogens is 1. The number of nitrogens with zero attached hydrogens (tertiary/aromatic N) is 3. The first-order chi connectivity index (χ1) is 14.8. The molecule has 1 atom stereocenters. The zero-order chi connectivity index (χ0) is 22.2. The third kappa shape index (κ3) is 4.18. The molecule has 31 heavy (non-hydrogen) atoms. The van der Waals surface area contributed by atoms with Gasteiger partial charge in [0.05, 0.1) is 12.7 Å². The predicted molar refractivity (Wildman–Crippen MR) is 118 cm³/mol. The van der Waals surface area contributed by atoms with Gasteiger partial charge < -0.3 is 14.5 Å². The van der Waals surface area contributed by atoms with Gasteiger partial charge in [0.1, 0.15) is 5.75 Å². The van der Waals surface area contributed by atoms with E-state index in [4.69, 9.17) is 4.74 Å². The molecule has 4 rings (SSSR count). The van der Waals surface area contributed by atoms with Crippen molar-refractivity contribution in [1.82, 2.24) is 20.0 Å². The van der Waals surface area contributed by atoms with Gasteiger partial charge in [-0.3, -0.25) is 14.7 Å². The van der Waals surface area contributed by atoms with Crippen molar-refractivity contribution in [3.8, 4) is 5.75 Å². The Balaban J connectivity index is 1.43. The second-order valence-corrected chi connectivity index (χ2v) is 9.62. The van der Waals surface area contributed by atoms with Crippen molar-refractivity contribution in [3.05, 3.63) is 46.8 Å². The van der Waals surface area contributed by atoms with Crippen molar-refractivity contribution in [2.24, 2.45) is 11.3 Å². The van der Waals surface area contributed by atoms with Crippen LogP contribution >= 0.6 is 0 Å². The van der Waals surface area contributed by atoms with E-state index in [0.29, 0.717) is 49.1 Å². The van der Waals surface area contributed by atoms with Crippen molar-refractivity contribution in [2.45, 2.75) is 40.0 Å². The fourth-order valence-electron chi connectivity index (χ4n) is 4.67. The lowest BCUT2D eigenvalue weighted by molar-refractivity contribution is 0.0529. The summed E-state index contributed by atoms with van der Waals surface area (Å²) in [5.74, 6) is 1.02. The summed E-state index contributed by atoms with van der Waals surface area (Å²) in [6, 6.07) is 7.25. The van der Waals surface area contributed by atoms with Crippen LogP contribution in [0.2, 0.25) is 0 Å². The quantitative estimate of drug-likeness (QED) is 0.821. The minimum atomic E-state index is -0.0604. The van der Waals surface area contributed by atoms with E-state index in [1.165, 1.54) is 0 Å². The molecule has 1 aliphatic carbocycles. The number of aryl methyl sites for hydroxylation is 1. The van der Waals surface area contributed by atoms with Crippen LogP contribution in [0.3, 0.4) is 0 Å². The number of benzene rings is 1. The Morgan fingerprint density at radius 3 is 2.35 bits per heavy atom. The highest BCUT2D eigenvalue weighted by atomic mass is 16.5. The minimum Gasteiger partial charge on any atom is -0.496 e. The Labute approximate surface area is 183 Å². The van der Waals surface area contributed by atoms with Crippen molar-refractivity contribution < 1.29 is 14.3 Å². The number of fused-ring (bicyclic) bond motifs is 1. The summed E-state index contributed by atoms with van der Waals surface area (Å²) in [7, 11) is 1.57. The number of piperazine rings is 1. The normalized spacial score (nSPS) is 19.2. The number of ether oxygens (including phenoxy) is 1. The highest BCUT2D eigenvalue weighted by Crippen LogP contribution is 2.37. The molecule has 1 saturated heterocycles. The maximum atomic E-state index is 13.3. The summed E-state index contributed by atoms with van der Waals surface area (Å²) in [6.07, 6.45) is 2.96. The number of hydrogen-bond donors (Lipinski definition) is 1. The third-order valence-corrected chi connectivity index (χ3v) is 6.76. The lowest BCUT2D eigenvalue weighted by atomic mass is 9.71. The van der Waals surface area contributed by atoms with E-state index in [-0.39, 0.29) is 17.2 Å². The number of amides is 2. The lowest BCUT2D eigenvalue weighted by Gasteiger charge is -2.36. The van der Waals surface area contributed by atoms with Gasteiger partial charge in [-0.05, 0) is 42.7 Å². The summed E-state index contributed by atoms with van der Waals surface area (Å²) in [5, 5.41) is 7.50. The van der Waals surface area contributed by atoms with Crippen molar-refractivity contribution in [3.63, 3.8) is 0 Å². The number of nitrogens with one attached hydrogen (secondary N) is 1. The van der Waals surface area contributed by atoms with Crippen LogP contribution < -0.4 is 4.74 Å². The standard InChI is InChI=1S/C24H32N4O3/c1-24(2,3)16-9-10-19-18(15-16)21(26-25-19)23(30)28-13-11-27(12-14-28)22(29)17-7-5-6-8-20(17)31-4/h5-8,16H,9-15H2,1-4H3,(H,25,26). The number of methoxy groups -OCH3 is 1. The van der Waals surface area contributed by atoms with Gasteiger partial charge in [0, 0.05) is 37.4 Å². The molecule has 1 aliphatic heterocycles. The molecule has 1 aromatic heterocycles. The molecule has 0 spiro atoms. The second kappa shape index (κ2) is 8.36. The average molecular weight is 425 g/mol. The largest absolute Gasteiger partial charge is 0.496 e. The zero-order valence-corrected chi connectivity index (χ0v) is 18.9. The van der Waals surface area contributed by atoms with E-state index in [2.05, 4.69) is 31.0 Å². The summed E-state index contributed by atoms with van der Waals surface area (Å²) in [5.41, 5.74) is 3.52. The van der Waals surface area contributed by atoms with Gasteiger partial charge in [-0.1, -0.05) is 32.9 Å². The summed E-state index contributed by atoms with van der Waals surface area (Å²) in [6.45, 7) is 8.81. The van der Waals surface area contributed by atoms with Crippen LogP contribution in [0.5, 0.6) is 5.75 Å². The topological polar surface area (TPSA) is 78.5 Å². The molecule has 0 bridgehead atoms. The molecule has 1 aromatic carbocycles. The Hall–Kier alpha value is -2.83. The molecule has 2 heterocycles. The Morgan fingerprint density at radius 2 is 1.71 bits per heavy atom. The van der Waals surface area contributed by atoms with Crippen LogP contribution in [-0.4, -0.2) is 65.1 Å². The molecule has 1 N–H and O–H groups in total. The van der Waals surface area contributed by atoms with E-state index in [1.54, 1.807) is 24.1 Å². The van der Waals surface area contributed by atoms with E-state index in [1.807, 2.05) is 17.0 Å². The van der Waals surface area contributed by atoms with Crippen molar-refractivity contribution >= 4 is 11.8 Å². The zero-order valence-electron chi connectivity index (χ0n) is 18.9. The number of aromatic nitrogens is 2. The van der Waals surface area contributed by atoms with E-state index in [9.17, 15) is 9.59 Å². The van der Waals surface area contributed by atoms with E-state index >= 15 is 0 Å². The minimum absolute atomic E-state index is 0.0311. The van der Waals surface area contributed by atoms with Gasteiger partial charge in [-0.15, -0.1) is 0 Å². The Kier molecular flexibility index (Phi) is 5.77. The van der Waals surface area contributed by atoms with Crippen LogP contribution in [0.4, 0.5) is 0 Å². The molecule has 7 heteroatoms. The van der Waals surface area contributed by atoms with Crippen molar-refractivity contribution in [1.29, 1.82) is 0 Å². The van der Waals surface area contributed by atoms with Gasteiger partial charge in [-0.2, -0.15) is 5.10 Å². The summed E-state index contributed by atoms with van der Waals surface area (Å²) in [4.78, 5) is 29.8. The van der Waals surface area contributed by atoms with Gasteiger partial charge in [0.2, 0.25) is 0 Å². The van der Waals surface area contributed by atoms with Crippen LogP contribution in [0.1, 0.15) is 59.3 Å². The highest BCUT2D eigenvalue weighted by molar-refractivity contribution is 5.97. The molecular weight excluding hydrogens is 392 g/mol. The first-order valence-corrected chi connectivity index (χ1v) is 11.1. The van der Waals surface area contributed by atoms with Crippen LogP contribution in [-0.2, 0) is 12.8 Å². The van der Waals surface area contributed by atoms with Crippen LogP contribution in [0.25, 0.3) is 0 Å². The number of para-hydroxylation sites is 1. The molecular formula is C24H32N4O3. The van der Waals surface area contributed by atoms with Gasteiger partial charge >= 0.3 is 0 Å². The molecule has 166 valence electrons. The molecule has 7 nitrogen and oxygen atoms in total. The lowest BCUT2D eigenvalue weighted by Crippen LogP contribution is -2.50. The van der Waals surface area contributed by atoms with Crippen LogP contribution in [0, 0.1) is 11.3 Å². The fourth-order valence-corrected chi connectivity index (χ4v) is 4.67. The number of carbonyl (C=O) groups is 2. The highest BCUT2D eigenvalue weighted by Gasteiger charge is 2.35. The maximum absolute atomic E-state index is 13.3. The van der Waals surface area contributed by atoms with Crippen LogP contribution in [0.15, 0.2) is 24.3 Å². The number of hydrogen-bond acceptors (Lipinski definition) is 4. The average Bonchev–Trinajstić information content (AvgIpc) is 3.21. The van der Waals surface area contributed by atoms with E-state index < -0.39 is 0 Å². The number of aromatic amines is 1. The van der Waals surface area contributed by atoms with E-state index in [0.717, 1.165) is 30.5 Å². The van der Waals surface area contributed by atoms with Gasteiger partial charge in [-0.25, -0.2) is 0 Å². The summed E-state index contributed by atoms with van der Waals surface area (Å²) >= 11 is 0. The predicted octanol–water partition coefficient (Wildman–Crippen LogP) is 3.17. The monoisotopic (exact) mass is 424 g/mol. The van der Waals surface area contributed by atoms with Gasteiger partial charge in [0.25, 0.3) is 11.8 Å². The van der Waals surface area contributed by atoms with Gasteiger partial charge in [0.15, 0.2) is 5.69 Å². The summed E-state index contributed by atoms with van der Waals surface area (Å²) < 4.78 is 5.33. The molecule has 2 aliphatic rings. The first-order valence-electron chi connectivity index (χ1n) is 11.1. The molecule has 0 radical (unpaired) electrons. The molecule has 2 aromatic rings. The third-order valence-electron chi connectivity index (χ3n) is 6.76. The number of carbonyl (C=O) groups excluding carboxylic acids is 2. The Bertz CT molecular complexity index is 967. The second-order valence-electron chi connectivity index (χ2n) is 9.62. The fraction of sp³-hybridized carbons (Fsp3) is 0.542. The SMILES string of the molecule is COc1ccccc1C(=O)N1CCN(C(=O)c2n[nH]c3c2CC(C(C)(C)C)CC3)CC1. The molecule has 1 unspecified atom stereocenters. The molecule has 2 amide bonds. The first kappa shape index (κ1) is 21.4. The van der Waals surface area contributed by atoms with Crippen molar-refractivity contribution in [2.75, 3.05) is 33.3 Å².